The molecule has 0 heterocycles. The van der Waals surface area contributed by atoms with Crippen LogP contribution in [0.4, 0.5) is 0 Å². The summed E-state index contributed by atoms with van der Waals surface area (Å²) in [5.74, 6) is -0.987. The standard InChI is InChI=1S/C53H86O6/c1-4-7-10-13-16-19-22-24-26-27-28-30-31-34-37-40-43-46-52(55)58-49-50(48-57-51(54)45-42-39-36-33-21-18-15-12-9-6-3)59-53(56)47-44-41-38-35-32-29-25-23-20-17-14-11-8-5-2/h7,10,13,15-16,18-19,22,24,26-32,50H,4-6,8-9,11-12,14,17,20-21,23,25,33-49H2,1-3H3/b10-7-,16-13-,18-15-,22-19-,26-24-,28-27+,31-30-,32-29-. The Hall–Kier alpha value is -3.67. The summed E-state index contributed by atoms with van der Waals surface area (Å²) >= 11 is 0. The molecule has 1 atom stereocenters. The summed E-state index contributed by atoms with van der Waals surface area (Å²) in [5.41, 5.74) is 0. The Balaban J connectivity index is 4.51. The molecule has 0 radical (unpaired) electrons. The molecule has 334 valence electrons. The van der Waals surface area contributed by atoms with E-state index in [-0.39, 0.29) is 31.1 Å². The number of ether oxygens (including phenoxy) is 3. The van der Waals surface area contributed by atoms with Gasteiger partial charge in [0.05, 0.1) is 0 Å². The van der Waals surface area contributed by atoms with Crippen LogP contribution in [0.3, 0.4) is 0 Å². The van der Waals surface area contributed by atoms with E-state index in [0.29, 0.717) is 19.3 Å². The fourth-order valence-electron chi connectivity index (χ4n) is 6.09. The highest BCUT2D eigenvalue weighted by molar-refractivity contribution is 5.71. The summed E-state index contributed by atoms with van der Waals surface area (Å²) in [6.07, 6.45) is 61.0. The summed E-state index contributed by atoms with van der Waals surface area (Å²) in [7, 11) is 0. The minimum atomic E-state index is -0.807. The quantitative estimate of drug-likeness (QED) is 0.0201. The molecule has 6 heteroatoms. The molecule has 0 aliphatic rings. The van der Waals surface area contributed by atoms with Gasteiger partial charge in [-0.1, -0.05) is 195 Å². The number of unbranched alkanes of at least 4 members (excludes halogenated alkanes) is 19. The van der Waals surface area contributed by atoms with Gasteiger partial charge in [0.1, 0.15) is 13.2 Å². The van der Waals surface area contributed by atoms with Crippen LogP contribution >= 0.6 is 0 Å². The van der Waals surface area contributed by atoms with E-state index in [1.807, 2.05) is 60.8 Å². The summed E-state index contributed by atoms with van der Waals surface area (Å²) < 4.78 is 16.7. The highest BCUT2D eigenvalue weighted by Crippen LogP contribution is 2.12. The summed E-state index contributed by atoms with van der Waals surface area (Å²) in [5, 5.41) is 0. The van der Waals surface area contributed by atoms with E-state index in [4.69, 9.17) is 14.2 Å². The van der Waals surface area contributed by atoms with Crippen molar-refractivity contribution in [2.75, 3.05) is 13.2 Å². The zero-order valence-electron chi connectivity index (χ0n) is 38.0. The SMILES string of the molecule is CC\C=C/C=C\C=C/C=C\C=C\C=C/CCCCCC(=O)OCC(COC(=O)CCCCCC/C=C\CCCC)OC(=O)CCCCC/C=C\CCCCCCCCC. The predicted molar refractivity (Wildman–Crippen MR) is 251 cm³/mol. The molecule has 0 aromatic rings. The molecule has 0 saturated heterocycles. The Kier molecular flexibility index (Phi) is 44.1. The van der Waals surface area contributed by atoms with Crippen LogP contribution in [0.15, 0.2) is 97.2 Å². The average Bonchev–Trinajstić information content (AvgIpc) is 3.23. The van der Waals surface area contributed by atoms with Crippen LogP contribution in [0.5, 0.6) is 0 Å². The van der Waals surface area contributed by atoms with Gasteiger partial charge in [0.25, 0.3) is 0 Å². The fourth-order valence-corrected chi connectivity index (χ4v) is 6.09. The lowest BCUT2D eigenvalue weighted by Crippen LogP contribution is -2.30. The lowest BCUT2D eigenvalue weighted by molar-refractivity contribution is -0.167. The minimum absolute atomic E-state index is 0.106. The lowest BCUT2D eigenvalue weighted by atomic mass is 10.1. The molecule has 0 saturated carbocycles. The van der Waals surface area contributed by atoms with E-state index in [1.165, 1.54) is 57.8 Å². The lowest BCUT2D eigenvalue weighted by Gasteiger charge is -2.18. The smallest absolute Gasteiger partial charge is 0.306 e. The highest BCUT2D eigenvalue weighted by Gasteiger charge is 2.19. The van der Waals surface area contributed by atoms with E-state index >= 15 is 0 Å². The molecule has 0 N–H and O–H groups in total. The predicted octanol–water partition coefficient (Wildman–Crippen LogP) is 15.4. The molecule has 0 aliphatic carbocycles. The first kappa shape index (κ1) is 55.3. The molecule has 0 aromatic heterocycles. The molecule has 1 unspecified atom stereocenters. The molecule has 0 rings (SSSR count). The monoisotopic (exact) mass is 819 g/mol. The van der Waals surface area contributed by atoms with Crippen LogP contribution in [0.1, 0.15) is 201 Å². The van der Waals surface area contributed by atoms with Crippen LogP contribution < -0.4 is 0 Å². The second-order valence-corrected chi connectivity index (χ2v) is 15.4. The first-order chi connectivity index (χ1) is 29.0. The third kappa shape index (κ3) is 45.3. The van der Waals surface area contributed by atoms with Gasteiger partial charge in [-0.05, 0) is 83.5 Å². The van der Waals surface area contributed by atoms with Crippen LogP contribution in [0.2, 0.25) is 0 Å². The highest BCUT2D eigenvalue weighted by atomic mass is 16.6. The first-order valence-electron chi connectivity index (χ1n) is 23.8. The molecular weight excluding hydrogens is 733 g/mol. The number of hydrogen-bond acceptors (Lipinski definition) is 6. The fraction of sp³-hybridized carbons (Fsp3) is 0.642. The first-order valence-corrected chi connectivity index (χ1v) is 23.8. The van der Waals surface area contributed by atoms with Crippen LogP contribution in [0.25, 0.3) is 0 Å². The van der Waals surface area contributed by atoms with Crippen molar-refractivity contribution in [1.82, 2.24) is 0 Å². The normalized spacial score (nSPS) is 12.9. The van der Waals surface area contributed by atoms with Gasteiger partial charge in [-0.2, -0.15) is 0 Å². The van der Waals surface area contributed by atoms with Crippen molar-refractivity contribution in [3.8, 4) is 0 Å². The minimum Gasteiger partial charge on any atom is -0.462 e. The van der Waals surface area contributed by atoms with Crippen LogP contribution in [-0.2, 0) is 28.6 Å². The Morgan fingerprint density at radius 2 is 0.695 bits per heavy atom. The summed E-state index contributed by atoms with van der Waals surface area (Å²) in [6.45, 7) is 6.36. The van der Waals surface area contributed by atoms with Crippen LogP contribution in [0, 0.1) is 0 Å². The molecule has 0 aromatic carbocycles. The zero-order valence-corrected chi connectivity index (χ0v) is 38.0. The molecular formula is C53H86O6. The molecule has 0 aliphatic heterocycles. The van der Waals surface area contributed by atoms with Crippen molar-refractivity contribution in [3.63, 3.8) is 0 Å². The van der Waals surface area contributed by atoms with Crippen molar-refractivity contribution in [2.45, 2.75) is 207 Å². The van der Waals surface area contributed by atoms with E-state index in [2.05, 4.69) is 57.2 Å². The van der Waals surface area contributed by atoms with Crippen molar-refractivity contribution in [1.29, 1.82) is 0 Å². The summed E-state index contributed by atoms with van der Waals surface area (Å²) in [6, 6.07) is 0. The maximum Gasteiger partial charge on any atom is 0.306 e. The zero-order chi connectivity index (χ0) is 43.0. The van der Waals surface area contributed by atoms with E-state index in [9.17, 15) is 14.4 Å². The number of esters is 3. The van der Waals surface area contributed by atoms with Crippen molar-refractivity contribution in [3.05, 3.63) is 97.2 Å². The topological polar surface area (TPSA) is 78.9 Å². The van der Waals surface area contributed by atoms with Crippen molar-refractivity contribution < 1.29 is 28.6 Å². The average molecular weight is 819 g/mol. The van der Waals surface area contributed by atoms with Gasteiger partial charge in [-0.3, -0.25) is 14.4 Å². The number of rotatable bonds is 41. The Morgan fingerprint density at radius 1 is 0.356 bits per heavy atom. The van der Waals surface area contributed by atoms with Gasteiger partial charge >= 0.3 is 17.9 Å². The number of carbonyl (C=O) groups is 3. The molecule has 59 heavy (non-hydrogen) atoms. The van der Waals surface area contributed by atoms with Gasteiger partial charge in [0, 0.05) is 19.3 Å². The van der Waals surface area contributed by atoms with Crippen molar-refractivity contribution >= 4 is 17.9 Å². The Bertz CT molecular complexity index is 1220. The maximum absolute atomic E-state index is 12.7. The largest absolute Gasteiger partial charge is 0.462 e. The van der Waals surface area contributed by atoms with Gasteiger partial charge in [-0.15, -0.1) is 0 Å². The second-order valence-electron chi connectivity index (χ2n) is 15.4. The number of carbonyl (C=O) groups excluding carboxylic acids is 3. The molecule has 0 fully saturated rings. The van der Waals surface area contributed by atoms with Gasteiger partial charge in [0.15, 0.2) is 6.10 Å². The molecule has 0 amide bonds. The second kappa shape index (κ2) is 47.0. The van der Waals surface area contributed by atoms with E-state index in [0.717, 1.165) is 103 Å². The van der Waals surface area contributed by atoms with E-state index in [1.54, 1.807) is 0 Å². The third-order valence-corrected chi connectivity index (χ3v) is 9.70. The third-order valence-electron chi connectivity index (χ3n) is 9.70. The Morgan fingerprint density at radius 3 is 1.15 bits per heavy atom. The van der Waals surface area contributed by atoms with Gasteiger partial charge in [-0.25, -0.2) is 0 Å². The maximum atomic E-state index is 12.7. The van der Waals surface area contributed by atoms with Crippen molar-refractivity contribution in [2.24, 2.45) is 0 Å². The van der Waals surface area contributed by atoms with Gasteiger partial charge in [0.2, 0.25) is 0 Å². The van der Waals surface area contributed by atoms with E-state index < -0.39 is 6.10 Å². The van der Waals surface area contributed by atoms with Crippen LogP contribution in [-0.4, -0.2) is 37.2 Å². The number of hydrogen-bond donors (Lipinski definition) is 0. The van der Waals surface area contributed by atoms with Gasteiger partial charge < -0.3 is 14.2 Å². The summed E-state index contributed by atoms with van der Waals surface area (Å²) in [4.78, 5) is 37.8. The molecule has 0 spiro atoms. The molecule has 0 bridgehead atoms. The number of allylic oxidation sites excluding steroid dienone is 16. The molecule has 6 nitrogen and oxygen atoms in total. The Labute approximate surface area is 362 Å².